The third-order valence-electron chi connectivity index (χ3n) is 4.97. The van der Waals surface area contributed by atoms with Crippen molar-refractivity contribution in [3.8, 4) is 28.7 Å². The number of hydrogen-bond donors (Lipinski definition) is 0. The number of rotatable bonds is 5. The minimum absolute atomic E-state index is 0.248. The Bertz CT molecular complexity index is 1200. The van der Waals surface area contributed by atoms with E-state index in [2.05, 4.69) is 11.1 Å². The molecule has 0 bridgehead atoms. The van der Waals surface area contributed by atoms with Gasteiger partial charge in [-0.3, -0.25) is 9.78 Å². The predicted molar refractivity (Wildman–Crippen MR) is 119 cm³/mol. The van der Waals surface area contributed by atoms with Crippen LogP contribution in [0, 0.1) is 11.3 Å². The molecular weight excluding hydrogens is 412 g/mol. The summed E-state index contributed by atoms with van der Waals surface area (Å²) in [6.45, 7) is 6.69. The number of hydrogen-bond acceptors (Lipinski definition) is 7. The summed E-state index contributed by atoms with van der Waals surface area (Å²) in [5.74, 6) is 0.781. The second-order valence-corrected chi connectivity index (χ2v) is 9.23. The number of carbonyl (C=O) groups is 1. The Morgan fingerprint density at radius 1 is 1.16 bits per heavy atom. The Morgan fingerprint density at radius 3 is 2.68 bits per heavy atom. The van der Waals surface area contributed by atoms with Gasteiger partial charge in [0.15, 0.2) is 11.5 Å². The van der Waals surface area contributed by atoms with Crippen LogP contribution in [0.5, 0.6) is 11.5 Å². The van der Waals surface area contributed by atoms with E-state index >= 15 is 0 Å². The van der Waals surface area contributed by atoms with Gasteiger partial charge in [0.05, 0.1) is 12.2 Å². The van der Waals surface area contributed by atoms with Crippen LogP contribution in [0.15, 0.2) is 47.6 Å². The van der Waals surface area contributed by atoms with Crippen molar-refractivity contribution in [1.82, 2.24) is 4.98 Å². The molecule has 1 aliphatic heterocycles. The smallest absolute Gasteiger partial charge is 0.321 e. The summed E-state index contributed by atoms with van der Waals surface area (Å²) in [6, 6.07) is 11.8. The molecule has 0 N–H and O–H groups in total. The van der Waals surface area contributed by atoms with Crippen LogP contribution >= 0.6 is 11.8 Å². The molecule has 0 aliphatic carbocycles. The molecule has 1 aromatic heterocycles. The van der Waals surface area contributed by atoms with Gasteiger partial charge in [-0.2, -0.15) is 5.26 Å². The van der Waals surface area contributed by atoms with Crippen molar-refractivity contribution in [3.63, 3.8) is 0 Å². The largest absolute Gasteiger partial charge is 0.485 e. The number of fused-ring (bicyclic) bond motifs is 2. The van der Waals surface area contributed by atoms with Crippen molar-refractivity contribution in [2.24, 2.45) is 0 Å². The Morgan fingerprint density at radius 2 is 1.94 bits per heavy atom. The molecule has 2 heterocycles. The molecule has 7 heteroatoms. The zero-order valence-electron chi connectivity index (χ0n) is 17.6. The van der Waals surface area contributed by atoms with Crippen LogP contribution in [0.25, 0.3) is 21.9 Å². The number of benzene rings is 2. The van der Waals surface area contributed by atoms with Crippen molar-refractivity contribution < 1.29 is 19.0 Å². The zero-order chi connectivity index (χ0) is 22.0. The third kappa shape index (κ3) is 4.04. The van der Waals surface area contributed by atoms with Gasteiger partial charge in [0.2, 0.25) is 0 Å². The van der Waals surface area contributed by atoms with Gasteiger partial charge in [-0.15, -0.1) is 11.8 Å². The van der Waals surface area contributed by atoms with E-state index in [9.17, 15) is 10.1 Å². The summed E-state index contributed by atoms with van der Waals surface area (Å²) < 4.78 is 16.1. The summed E-state index contributed by atoms with van der Waals surface area (Å²) >= 11 is 1.45. The molecule has 0 spiro atoms. The molecule has 0 fully saturated rings. The molecule has 1 aliphatic rings. The molecule has 4 rings (SSSR count). The first-order valence-electron chi connectivity index (χ1n) is 10.0. The number of thioether (sulfide) groups is 1. The van der Waals surface area contributed by atoms with E-state index in [0.29, 0.717) is 36.9 Å². The third-order valence-corrected chi connectivity index (χ3v) is 6.14. The monoisotopic (exact) mass is 434 g/mol. The fourth-order valence-corrected chi connectivity index (χ4v) is 4.54. The molecule has 0 radical (unpaired) electrons. The number of ether oxygens (including phenoxy) is 3. The lowest BCUT2D eigenvalue weighted by atomic mass is 9.98. The number of nitriles is 1. The number of carbonyl (C=O) groups excluding carboxylic acids is 1. The topological polar surface area (TPSA) is 81.4 Å². The normalized spacial score (nSPS) is 13.0. The zero-order valence-corrected chi connectivity index (χ0v) is 18.4. The molecule has 3 aromatic rings. The minimum atomic E-state index is -0.721. The van der Waals surface area contributed by atoms with Gasteiger partial charge >= 0.3 is 5.97 Å². The van der Waals surface area contributed by atoms with Crippen molar-refractivity contribution in [2.45, 2.75) is 30.4 Å². The van der Waals surface area contributed by atoms with E-state index in [1.54, 1.807) is 25.4 Å². The highest BCUT2D eigenvalue weighted by molar-refractivity contribution is 8.01. The highest BCUT2D eigenvalue weighted by atomic mass is 32.2. The van der Waals surface area contributed by atoms with Crippen LogP contribution in [0.2, 0.25) is 0 Å². The predicted octanol–water partition coefficient (Wildman–Crippen LogP) is 4.98. The van der Waals surface area contributed by atoms with Gasteiger partial charge in [-0.25, -0.2) is 0 Å². The van der Waals surface area contributed by atoms with E-state index in [1.165, 1.54) is 11.8 Å². The minimum Gasteiger partial charge on any atom is -0.485 e. The number of nitrogens with zero attached hydrogens (tertiary/aromatic N) is 2. The summed E-state index contributed by atoms with van der Waals surface area (Å²) in [6.07, 6.45) is 3.59. The molecule has 0 unspecified atom stereocenters. The molecule has 0 amide bonds. The van der Waals surface area contributed by atoms with Crippen LogP contribution in [0.1, 0.15) is 26.3 Å². The van der Waals surface area contributed by atoms with E-state index in [4.69, 9.17) is 14.2 Å². The molecule has 0 saturated carbocycles. The van der Waals surface area contributed by atoms with E-state index < -0.39 is 4.75 Å². The molecule has 6 nitrogen and oxygen atoms in total. The second-order valence-electron chi connectivity index (χ2n) is 7.53. The molecule has 2 aromatic carbocycles. The van der Waals surface area contributed by atoms with Gasteiger partial charge in [-0.05, 0) is 50.4 Å². The maximum absolute atomic E-state index is 12.3. The first-order chi connectivity index (χ1) is 14.9. The Labute approximate surface area is 185 Å². The van der Waals surface area contributed by atoms with Gasteiger partial charge in [0.1, 0.15) is 24.0 Å². The van der Waals surface area contributed by atoms with Crippen molar-refractivity contribution in [1.29, 1.82) is 5.26 Å². The van der Waals surface area contributed by atoms with Crippen molar-refractivity contribution in [3.05, 3.63) is 48.3 Å². The number of esters is 1. The maximum Gasteiger partial charge on any atom is 0.321 e. The standard InChI is InChI=1S/C24H22N2O4S/c1-4-28-23(27)24(2,3)31-17-7-5-16-13-26-14-20(19(16)11-17)18-8-6-15(12-25)21-22(18)30-10-9-29-21/h5-8,11,13-14H,4,9-10H2,1-3H3. The van der Waals surface area contributed by atoms with Crippen LogP contribution in [0.4, 0.5) is 0 Å². The first-order valence-corrected chi connectivity index (χ1v) is 10.8. The van der Waals surface area contributed by atoms with Crippen molar-refractivity contribution >= 4 is 28.5 Å². The van der Waals surface area contributed by atoms with Crippen LogP contribution in [-0.4, -0.2) is 35.5 Å². The quantitative estimate of drug-likeness (QED) is 0.414. The van der Waals surface area contributed by atoms with Gasteiger partial charge < -0.3 is 14.2 Å². The van der Waals surface area contributed by atoms with E-state index in [-0.39, 0.29) is 5.97 Å². The average molecular weight is 435 g/mol. The number of aromatic nitrogens is 1. The first kappa shape index (κ1) is 21.0. The molecule has 0 saturated heterocycles. The highest BCUT2D eigenvalue weighted by Crippen LogP contribution is 2.45. The lowest BCUT2D eigenvalue weighted by Gasteiger charge is -2.23. The lowest BCUT2D eigenvalue weighted by molar-refractivity contribution is -0.145. The Hall–Kier alpha value is -3.24. The van der Waals surface area contributed by atoms with Gasteiger partial charge in [-0.1, -0.05) is 6.07 Å². The summed E-state index contributed by atoms with van der Waals surface area (Å²) in [7, 11) is 0. The number of pyridine rings is 1. The van der Waals surface area contributed by atoms with E-state index in [0.717, 1.165) is 26.8 Å². The Balaban J connectivity index is 1.81. The molecule has 0 atom stereocenters. The average Bonchev–Trinajstić information content (AvgIpc) is 2.78. The summed E-state index contributed by atoms with van der Waals surface area (Å²) in [4.78, 5) is 17.7. The molecule has 31 heavy (non-hydrogen) atoms. The van der Waals surface area contributed by atoms with Crippen LogP contribution in [-0.2, 0) is 9.53 Å². The highest BCUT2D eigenvalue weighted by Gasteiger charge is 2.31. The van der Waals surface area contributed by atoms with Crippen LogP contribution < -0.4 is 9.47 Å². The second kappa shape index (κ2) is 8.48. The van der Waals surface area contributed by atoms with Crippen molar-refractivity contribution in [2.75, 3.05) is 19.8 Å². The molecular formula is C24H22N2O4S. The Kier molecular flexibility index (Phi) is 5.75. The van der Waals surface area contributed by atoms with Crippen LogP contribution in [0.3, 0.4) is 0 Å². The summed E-state index contributed by atoms with van der Waals surface area (Å²) in [5.41, 5.74) is 2.14. The summed E-state index contributed by atoms with van der Waals surface area (Å²) in [5, 5.41) is 11.4. The fourth-order valence-electron chi connectivity index (χ4n) is 3.50. The maximum atomic E-state index is 12.3. The van der Waals surface area contributed by atoms with Gasteiger partial charge in [0.25, 0.3) is 0 Å². The molecule has 158 valence electrons. The SMILES string of the molecule is CCOC(=O)C(C)(C)Sc1ccc2cncc(-c3ccc(C#N)c4c3OCCO4)c2c1. The fraction of sp³-hybridized carbons (Fsp3) is 0.292. The van der Waals surface area contributed by atoms with E-state index in [1.807, 2.05) is 38.1 Å². The van der Waals surface area contributed by atoms with Gasteiger partial charge in [0, 0.05) is 33.8 Å². The lowest BCUT2D eigenvalue weighted by Crippen LogP contribution is -2.29.